The Kier molecular flexibility index (Phi) is 30.1. The van der Waals surface area contributed by atoms with Gasteiger partial charge in [-0.1, -0.05) is 0 Å². The van der Waals surface area contributed by atoms with Crippen molar-refractivity contribution in [3.63, 3.8) is 0 Å². The summed E-state index contributed by atoms with van der Waals surface area (Å²) in [6.07, 6.45) is -5.99. The van der Waals surface area contributed by atoms with Crippen molar-refractivity contribution in [1.82, 2.24) is 50.2 Å². The molecular weight excluding hydrogens is 1650 g/mol. The second-order valence-electron chi connectivity index (χ2n) is 34.7. The zero-order valence-electron chi connectivity index (χ0n) is 74.3. The molecule has 6 amide bonds. The molecule has 4 aromatic carbocycles. The highest BCUT2D eigenvalue weighted by Gasteiger charge is 2.49. The summed E-state index contributed by atoms with van der Waals surface area (Å²) in [5, 5.41) is 7.74. The van der Waals surface area contributed by atoms with Crippen molar-refractivity contribution >= 4 is 103 Å². The third-order valence-electron chi connectivity index (χ3n) is 23.8. The van der Waals surface area contributed by atoms with E-state index in [2.05, 4.69) is 30.6 Å². The average molecular weight is 1760 g/mol. The number of halogens is 4. The SMILES string of the molecule is CO[C@H](C)[C@H](N)C(=O)N1CC[C@H](OC(C)=O)[C@H]1Cc1c(-c2[nH]c3cc(F)ccc3c2C[C@@H]2[C@@H](OC(C)=O)CCN2C(=O)[C@@H](N)[C@@H](C)OC)[nH]c2cc(F)ccc12.CO[C@H](C)[C@H](NC(=O)OC(C)(C)C)C(=O)N1CC[C@H](OC(C)=O)[C@H]1Cc1c(-c2[nH]c3cc(F)ccc3c2C[C@@H]2[C@@H](OC(C)=O)CCN2C(=O)[C@@H](NC(=O)OC(C)(C)C)[C@@H](C)OC)[nH]c2cc(F)ccc12. The van der Waals surface area contributed by atoms with E-state index in [1.807, 2.05) is 0 Å². The fraction of sp³-hybridized carbons (Fsp3) is 0.533. The van der Waals surface area contributed by atoms with Gasteiger partial charge in [-0.15, -0.1) is 0 Å². The van der Waals surface area contributed by atoms with Gasteiger partial charge >= 0.3 is 36.1 Å². The normalized spacial score (nSPS) is 21.0. The maximum Gasteiger partial charge on any atom is 0.408 e. The Labute approximate surface area is 727 Å². The fourth-order valence-electron chi connectivity index (χ4n) is 17.6. The van der Waals surface area contributed by atoms with Gasteiger partial charge in [-0.25, -0.2) is 27.2 Å². The molecule has 0 radical (unpaired) electrons. The number of carbonyl (C=O) groups is 10. The number of aromatic nitrogens is 4. The van der Waals surface area contributed by atoms with Crippen molar-refractivity contribution < 1.29 is 113 Å². The maximum absolute atomic E-state index is 15.1. The number of carbonyl (C=O) groups excluding carboxylic acids is 10. The molecular formula is C90H116F4N12O20. The van der Waals surface area contributed by atoms with E-state index in [0.717, 1.165) is 0 Å². The molecule has 8 heterocycles. The molecule has 36 heteroatoms. The number of nitrogens with zero attached hydrogens (tertiary/aromatic N) is 4. The summed E-state index contributed by atoms with van der Waals surface area (Å²) in [6.45, 7) is 22.7. The zero-order chi connectivity index (χ0) is 92.2. The van der Waals surface area contributed by atoms with Crippen LogP contribution in [0.25, 0.3) is 66.4 Å². The molecule has 10 N–H and O–H groups in total. The van der Waals surface area contributed by atoms with Gasteiger partial charge in [0.2, 0.25) is 23.6 Å². The van der Waals surface area contributed by atoms with Crippen LogP contribution in [0.1, 0.15) is 145 Å². The van der Waals surface area contributed by atoms with Gasteiger partial charge in [0.05, 0.1) is 71.4 Å². The van der Waals surface area contributed by atoms with E-state index in [-0.39, 0.29) is 76.5 Å². The number of rotatable bonds is 28. The monoisotopic (exact) mass is 1760 g/mol. The molecule has 12 rings (SSSR count). The number of ether oxygens (including phenoxy) is 10. The second-order valence-corrected chi connectivity index (χ2v) is 34.7. The Bertz CT molecular complexity index is 5040. The number of amides is 6. The molecule has 0 unspecified atom stereocenters. The van der Waals surface area contributed by atoms with Crippen LogP contribution in [0.4, 0.5) is 27.2 Å². The molecule has 126 heavy (non-hydrogen) atoms. The standard InChI is InChI=1S/C50H66F2N6O12.C40H50F2N6O8/c1-25(65-11)41(55-47(63)69-49(5,6)7)45(61)57-19-17-39(67-27(3)59)37(57)23-33-31-15-13-29(51)21-35(31)53-43(33)44-34(32-16-14-30(52)22-36(32)54-44)24-38-40(68-28(4)60)18-20-58(38)46(62)42(26(2)66-12)56-48(64)70-50(8,9)10;1-19(53-5)35(43)39(51)47-13-11-33(55-21(3)49)31(47)17-27-25-9-7-23(41)15-29(25)45-37(27)38-28(26-10-8-24(42)16-30(26)46-38)18-32-34(56-22(4)50)12-14-48(32)40(52)36(44)20(2)54-6/h13-16,21-22,25-26,37-42,53-54H,17-20,23-24H2,1-12H3,(H,55,63)(H,56,64);7-10,15-16,19-20,31-36,45-46H,11-14,17-18,43-44H2,1-6H3/t25-,26-,37-,38-,39+,40+,41+,42+;19-,20-,31-,32-,33+,34+,35+,36+/m11/s1. The molecule has 0 aliphatic carbocycles. The Morgan fingerprint density at radius 1 is 0.381 bits per heavy atom. The number of likely N-dealkylation sites (tertiary alicyclic amines) is 4. The number of hydrogen-bond acceptors (Lipinski definition) is 22. The lowest BCUT2D eigenvalue weighted by Gasteiger charge is -2.33. The quantitative estimate of drug-likeness (QED) is 0.0128. The number of alkyl carbamates (subject to hydrolysis) is 2. The van der Waals surface area contributed by atoms with E-state index >= 15 is 8.78 Å². The predicted molar refractivity (Wildman–Crippen MR) is 457 cm³/mol. The minimum atomic E-state index is -1.22. The van der Waals surface area contributed by atoms with E-state index in [1.54, 1.807) is 103 Å². The first-order valence-electron chi connectivity index (χ1n) is 42.1. The van der Waals surface area contributed by atoms with E-state index < -0.39 is 180 Å². The summed E-state index contributed by atoms with van der Waals surface area (Å²) < 4.78 is 116. The number of esters is 4. The predicted octanol–water partition coefficient (Wildman–Crippen LogP) is 10.1. The third-order valence-corrected chi connectivity index (χ3v) is 23.8. The summed E-state index contributed by atoms with van der Waals surface area (Å²) in [5.41, 5.74) is 16.9. The van der Waals surface area contributed by atoms with Crippen LogP contribution in [0.15, 0.2) is 72.8 Å². The van der Waals surface area contributed by atoms with Crippen LogP contribution < -0.4 is 22.1 Å². The summed E-state index contributed by atoms with van der Waals surface area (Å²) in [5.74, 6) is -6.07. The lowest BCUT2D eigenvalue weighted by atomic mass is 9.93. The van der Waals surface area contributed by atoms with Crippen LogP contribution in [0.5, 0.6) is 0 Å². The molecule has 0 saturated carbocycles. The van der Waals surface area contributed by atoms with Crippen LogP contribution in [0.2, 0.25) is 0 Å². The summed E-state index contributed by atoms with van der Waals surface area (Å²) in [6, 6.07) is 9.58. The number of methoxy groups -OCH3 is 4. The molecule has 4 saturated heterocycles. The second kappa shape index (κ2) is 39.8. The van der Waals surface area contributed by atoms with Crippen molar-refractivity contribution in [3.8, 4) is 22.8 Å². The molecule has 8 aromatic rings. The molecule has 32 nitrogen and oxygen atoms in total. The van der Waals surface area contributed by atoms with Crippen LogP contribution in [0.3, 0.4) is 0 Å². The van der Waals surface area contributed by atoms with Crippen molar-refractivity contribution in [3.05, 3.63) is 118 Å². The molecule has 0 spiro atoms. The lowest BCUT2D eigenvalue weighted by molar-refractivity contribution is -0.150. The van der Waals surface area contributed by atoms with Gasteiger partial charge in [0, 0.05) is 152 Å². The molecule has 4 fully saturated rings. The number of H-pyrrole nitrogens is 4. The van der Waals surface area contributed by atoms with Crippen LogP contribution in [-0.2, 0) is 111 Å². The minimum Gasteiger partial charge on any atom is -0.460 e. The first-order valence-corrected chi connectivity index (χ1v) is 42.1. The molecule has 16 atom stereocenters. The Morgan fingerprint density at radius 2 is 0.603 bits per heavy atom. The highest BCUT2D eigenvalue weighted by molar-refractivity contribution is 5.99. The Balaban J connectivity index is 0.000000251. The van der Waals surface area contributed by atoms with Gasteiger partial charge in [-0.2, -0.15) is 0 Å². The van der Waals surface area contributed by atoms with Crippen molar-refractivity contribution in [2.75, 3.05) is 54.6 Å². The third kappa shape index (κ3) is 21.7. The summed E-state index contributed by atoms with van der Waals surface area (Å²) in [4.78, 5) is 153. The molecule has 4 aliphatic heterocycles. The number of nitrogens with two attached hydrogens (primary N) is 2. The van der Waals surface area contributed by atoms with E-state index in [0.29, 0.717) is 101 Å². The first kappa shape index (κ1) is 95.5. The van der Waals surface area contributed by atoms with Gasteiger partial charge in [-0.05, 0) is 190 Å². The van der Waals surface area contributed by atoms with Gasteiger partial charge in [-0.3, -0.25) is 38.4 Å². The Morgan fingerprint density at radius 3 is 0.810 bits per heavy atom. The van der Waals surface area contributed by atoms with Crippen molar-refractivity contribution in [1.29, 1.82) is 0 Å². The van der Waals surface area contributed by atoms with Crippen molar-refractivity contribution in [2.45, 2.75) is 257 Å². The van der Waals surface area contributed by atoms with Gasteiger partial charge in [0.15, 0.2) is 0 Å². The number of fused-ring (bicyclic) bond motifs is 4. The minimum absolute atomic E-state index is 0.0192. The van der Waals surface area contributed by atoms with Gasteiger partial charge < -0.3 is 109 Å². The molecule has 0 bridgehead atoms. The maximum atomic E-state index is 15.1. The molecule has 4 aromatic heterocycles. The fourth-order valence-corrected chi connectivity index (χ4v) is 17.6. The summed E-state index contributed by atoms with van der Waals surface area (Å²) in [7, 11) is 5.73. The van der Waals surface area contributed by atoms with Gasteiger partial charge in [0.25, 0.3) is 0 Å². The smallest absolute Gasteiger partial charge is 0.408 e. The highest BCUT2D eigenvalue weighted by Crippen LogP contribution is 2.44. The van der Waals surface area contributed by atoms with Crippen LogP contribution in [-0.4, -0.2) is 262 Å². The number of benzene rings is 4. The van der Waals surface area contributed by atoms with Crippen molar-refractivity contribution in [2.24, 2.45) is 11.5 Å². The van der Waals surface area contributed by atoms with E-state index in [1.165, 1.54) is 114 Å². The number of nitrogens with one attached hydrogen (secondary N) is 6. The number of aromatic amines is 4. The van der Waals surface area contributed by atoms with Gasteiger partial charge in [0.1, 0.15) is 83.1 Å². The topological polar surface area (TPSA) is 415 Å². The average Bonchev–Trinajstić information content (AvgIpc) is 1.59. The Hall–Kier alpha value is -11.2. The largest absolute Gasteiger partial charge is 0.460 e. The van der Waals surface area contributed by atoms with Crippen LogP contribution in [0, 0.1) is 23.3 Å². The van der Waals surface area contributed by atoms with E-state index in [4.69, 9.17) is 58.8 Å². The highest BCUT2D eigenvalue weighted by atomic mass is 19.1. The summed E-state index contributed by atoms with van der Waals surface area (Å²) >= 11 is 0. The van der Waals surface area contributed by atoms with Crippen LogP contribution >= 0.6 is 0 Å². The molecule has 4 aliphatic rings. The number of hydrogen-bond donors (Lipinski definition) is 8. The van der Waals surface area contributed by atoms with E-state index in [9.17, 15) is 56.7 Å². The lowest BCUT2D eigenvalue weighted by Crippen LogP contribution is -2.57. The first-order chi connectivity index (χ1) is 59.4. The zero-order valence-corrected chi connectivity index (χ0v) is 74.3. The molecule has 684 valence electrons.